The van der Waals surface area contributed by atoms with E-state index in [1.807, 2.05) is 0 Å². The molecule has 0 bridgehead atoms. The van der Waals surface area contributed by atoms with Gasteiger partial charge in [-0.05, 0) is 19.1 Å². The predicted octanol–water partition coefficient (Wildman–Crippen LogP) is 1.18. The van der Waals surface area contributed by atoms with E-state index in [-0.39, 0.29) is 18.2 Å². The molecule has 0 spiro atoms. The molecule has 0 radical (unpaired) electrons. The number of nitrogens with one attached hydrogen (secondary N) is 1. The molecule has 0 aliphatic heterocycles. The molecule has 0 aromatic heterocycles. The number of aromatic carboxylic acids is 1. The molecule has 0 fully saturated rings. The lowest BCUT2D eigenvalue weighted by molar-refractivity contribution is 0.0698. The molecule has 3 N–H and O–H groups in total. The van der Waals surface area contributed by atoms with Gasteiger partial charge in [0.2, 0.25) is 0 Å². The van der Waals surface area contributed by atoms with Gasteiger partial charge in [-0.1, -0.05) is 12.1 Å². The van der Waals surface area contributed by atoms with E-state index >= 15 is 0 Å². The summed E-state index contributed by atoms with van der Waals surface area (Å²) in [4.78, 5) is 10.8. The van der Waals surface area contributed by atoms with Gasteiger partial charge in [-0.15, -0.1) is 0 Å². The van der Waals surface area contributed by atoms with Crippen LogP contribution in [0.25, 0.3) is 0 Å². The van der Waals surface area contributed by atoms with Crippen molar-refractivity contribution in [3.63, 3.8) is 0 Å². The van der Waals surface area contributed by atoms with Gasteiger partial charge in [0.05, 0.1) is 12.2 Å². The lowest BCUT2D eigenvalue weighted by Crippen LogP contribution is -2.20. The van der Waals surface area contributed by atoms with E-state index in [9.17, 15) is 4.79 Å². The first-order chi connectivity index (χ1) is 6.65. The first kappa shape index (κ1) is 10.5. The average Bonchev–Trinajstić information content (AvgIpc) is 2.18. The number of carbonyl (C=O) groups is 1. The molecule has 76 valence electrons. The Labute approximate surface area is 82.2 Å². The maximum absolute atomic E-state index is 10.8. The Morgan fingerprint density at radius 3 is 2.71 bits per heavy atom. The van der Waals surface area contributed by atoms with Gasteiger partial charge in [0.1, 0.15) is 0 Å². The Bertz CT molecular complexity index is 325. The number of aliphatic hydroxyl groups excluding tert-OH is 1. The molecule has 0 aliphatic rings. The molecule has 0 aliphatic carbocycles. The molecule has 0 heterocycles. The van der Waals surface area contributed by atoms with Crippen molar-refractivity contribution in [2.45, 2.75) is 13.0 Å². The standard InChI is InChI=1S/C10H13NO3/c1-7(6-12)11-9-5-3-2-4-8(9)10(13)14/h2-5,7,11-12H,6H2,1H3,(H,13,14). The Morgan fingerprint density at radius 2 is 2.14 bits per heavy atom. The summed E-state index contributed by atoms with van der Waals surface area (Å²) in [5.41, 5.74) is 0.745. The van der Waals surface area contributed by atoms with Crippen LogP contribution in [0.1, 0.15) is 17.3 Å². The minimum atomic E-state index is -0.974. The molecular formula is C10H13NO3. The van der Waals surface area contributed by atoms with Crippen molar-refractivity contribution >= 4 is 11.7 Å². The van der Waals surface area contributed by atoms with Crippen LogP contribution in [0.15, 0.2) is 24.3 Å². The maximum Gasteiger partial charge on any atom is 0.337 e. The first-order valence-corrected chi connectivity index (χ1v) is 4.35. The monoisotopic (exact) mass is 195 g/mol. The minimum Gasteiger partial charge on any atom is -0.478 e. The molecular weight excluding hydrogens is 182 g/mol. The molecule has 14 heavy (non-hydrogen) atoms. The molecule has 1 rings (SSSR count). The summed E-state index contributed by atoms with van der Waals surface area (Å²) < 4.78 is 0. The van der Waals surface area contributed by atoms with Crippen molar-refractivity contribution in [2.75, 3.05) is 11.9 Å². The van der Waals surface area contributed by atoms with Gasteiger partial charge in [0, 0.05) is 11.7 Å². The summed E-state index contributed by atoms with van der Waals surface area (Å²) in [5, 5.41) is 20.6. The molecule has 1 aromatic carbocycles. The fourth-order valence-electron chi connectivity index (χ4n) is 1.11. The largest absolute Gasteiger partial charge is 0.478 e. The number of benzene rings is 1. The number of aliphatic hydroxyl groups is 1. The van der Waals surface area contributed by atoms with Crippen LogP contribution in [0.2, 0.25) is 0 Å². The van der Waals surface area contributed by atoms with E-state index in [0.29, 0.717) is 5.69 Å². The van der Waals surface area contributed by atoms with Gasteiger partial charge in [0.25, 0.3) is 0 Å². The van der Waals surface area contributed by atoms with Crippen molar-refractivity contribution in [1.29, 1.82) is 0 Å². The minimum absolute atomic E-state index is 0.0338. The van der Waals surface area contributed by atoms with Crippen LogP contribution in [0.4, 0.5) is 5.69 Å². The number of para-hydroxylation sites is 1. The van der Waals surface area contributed by atoms with Crippen molar-refractivity contribution in [3.05, 3.63) is 29.8 Å². The van der Waals surface area contributed by atoms with Crippen molar-refractivity contribution in [3.8, 4) is 0 Å². The molecule has 0 saturated heterocycles. The van der Waals surface area contributed by atoms with Gasteiger partial charge in [-0.2, -0.15) is 0 Å². The third-order valence-corrected chi connectivity index (χ3v) is 1.83. The highest BCUT2D eigenvalue weighted by Gasteiger charge is 2.09. The number of hydrogen-bond donors (Lipinski definition) is 3. The van der Waals surface area contributed by atoms with Crippen molar-refractivity contribution < 1.29 is 15.0 Å². The van der Waals surface area contributed by atoms with Gasteiger partial charge in [-0.25, -0.2) is 4.79 Å². The summed E-state index contributed by atoms with van der Waals surface area (Å²) in [6, 6.07) is 6.46. The summed E-state index contributed by atoms with van der Waals surface area (Å²) >= 11 is 0. The van der Waals surface area contributed by atoms with E-state index in [4.69, 9.17) is 10.2 Å². The van der Waals surface area contributed by atoms with Gasteiger partial charge < -0.3 is 15.5 Å². The van der Waals surface area contributed by atoms with E-state index in [2.05, 4.69) is 5.32 Å². The lowest BCUT2D eigenvalue weighted by Gasteiger charge is -2.13. The molecule has 0 saturated carbocycles. The summed E-state index contributed by atoms with van der Waals surface area (Å²) in [6.45, 7) is 1.74. The average molecular weight is 195 g/mol. The second-order valence-corrected chi connectivity index (χ2v) is 3.08. The van der Waals surface area contributed by atoms with Crippen LogP contribution in [-0.2, 0) is 0 Å². The van der Waals surface area contributed by atoms with Crippen LogP contribution in [-0.4, -0.2) is 28.8 Å². The van der Waals surface area contributed by atoms with E-state index in [1.165, 1.54) is 6.07 Å². The Morgan fingerprint density at radius 1 is 1.50 bits per heavy atom. The fourth-order valence-corrected chi connectivity index (χ4v) is 1.11. The predicted molar refractivity (Wildman–Crippen MR) is 53.6 cm³/mol. The van der Waals surface area contributed by atoms with Crippen molar-refractivity contribution in [1.82, 2.24) is 0 Å². The molecule has 0 amide bonds. The third kappa shape index (κ3) is 2.47. The molecule has 1 atom stereocenters. The van der Waals surface area contributed by atoms with E-state index in [0.717, 1.165) is 0 Å². The Balaban J connectivity index is 2.90. The third-order valence-electron chi connectivity index (χ3n) is 1.83. The summed E-state index contributed by atoms with van der Waals surface area (Å²) in [7, 11) is 0. The van der Waals surface area contributed by atoms with E-state index < -0.39 is 5.97 Å². The number of carboxylic acid groups (broad SMARTS) is 1. The highest BCUT2D eigenvalue weighted by atomic mass is 16.4. The molecule has 4 heteroatoms. The van der Waals surface area contributed by atoms with Crippen LogP contribution < -0.4 is 5.32 Å². The van der Waals surface area contributed by atoms with Crippen LogP contribution in [0, 0.1) is 0 Å². The van der Waals surface area contributed by atoms with Crippen LogP contribution in [0.3, 0.4) is 0 Å². The smallest absolute Gasteiger partial charge is 0.337 e. The summed E-state index contributed by atoms with van der Waals surface area (Å²) in [5.74, 6) is -0.974. The zero-order chi connectivity index (χ0) is 10.6. The zero-order valence-corrected chi connectivity index (χ0v) is 7.90. The molecule has 4 nitrogen and oxygen atoms in total. The highest BCUT2D eigenvalue weighted by Crippen LogP contribution is 2.15. The van der Waals surface area contributed by atoms with Gasteiger partial charge >= 0.3 is 5.97 Å². The molecule has 1 aromatic rings. The Hall–Kier alpha value is -1.55. The fraction of sp³-hybridized carbons (Fsp3) is 0.300. The quantitative estimate of drug-likeness (QED) is 0.674. The van der Waals surface area contributed by atoms with Crippen molar-refractivity contribution in [2.24, 2.45) is 0 Å². The van der Waals surface area contributed by atoms with E-state index in [1.54, 1.807) is 25.1 Å². The first-order valence-electron chi connectivity index (χ1n) is 4.35. The highest BCUT2D eigenvalue weighted by molar-refractivity contribution is 5.94. The summed E-state index contributed by atoms with van der Waals surface area (Å²) in [6.07, 6.45) is 0. The number of carboxylic acids is 1. The number of anilines is 1. The molecule has 1 unspecified atom stereocenters. The van der Waals surface area contributed by atoms with Gasteiger partial charge in [0.15, 0.2) is 0 Å². The normalized spacial score (nSPS) is 12.1. The second kappa shape index (κ2) is 4.62. The maximum atomic E-state index is 10.8. The topological polar surface area (TPSA) is 69.6 Å². The van der Waals surface area contributed by atoms with Crippen LogP contribution >= 0.6 is 0 Å². The number of hydrogen-bond acceptors (Lipinski definition) is 3. The second-order valence-electron chi connectivity index (χ2n) is 3.08. The zero-order valence-electron chi connectivity index (χ0n) is 7.90. The lowest BCUT2D eigenvalue weighted by atomic mass is 10.1. The van der Waals surface area contributed by atoms with Gasteiger partial charge in [-0.3, -0.25) is 0 Å². The van der Waals surface area contributed by atoms with Crippen LogP contribution in [0.5, 0.6) is 0 Å². The Kier molecular flexibility index (Phi) is 3.48. The SMILES string of the molecule is CC(CO)Nc1ccccc1C(=O)O. The number of rotatable bonds is 4.